The summed E-state index contributed by atoms with van der Waals surface area (Å²) in [6.07, 6.45) is 6.22. The lowest BCUT2D eigenvalue weighted by molar-refractivity contribution is 0.0675. The Morgan fingerprint density at radius 1 is 1.19 bits per heavy atom. The number of anilines is 1. The van der Waals surface area contributed by atoms with E-state index in [1.54, 1.807) is 14.2 Å². The van der Waals surface area contributed by atoms with Crippen molar-refractivity contribution < 1.29 is 14.2 Å². The number of methoxy groups -OCH3 is 2. The molecule has 0 unspecified atom stereocenters. The van der Waals surface area contributed by atoms with Crippen molar-refractivity contribution in [1.29, 1.82) is 0 Å². The maximum Gasteiger partial charge on any atom is 0.222 e. The Hall–Kier alpha value is -2.38. The Bertz CT molecular complexity index is 718. The van der Waals surface area contributed by atoms with E-state index >= 15 is 0 Å². The van der Waals surface area contributed by atoms with E-state index in [1.807, 2.05) is 37.6 Å². The van der Waals surface area contributed by atoms with Gasteiger partial charge in [-0.15, -0.1) is 0 Å². The van der Waals surface area contributed by atoms with Crippen LogP contribution >= 0.6 is 0 Å². The van der Waals surface area contributed by atoms with Crippen molar-refractivity contribution in [3.05, 3.63) is 41.7 Å². The molecule has 1 atom stereocenters. The van der Waals surface area contributed by atoms with Crippen LogP contribution in [0.4, 0.5) is 5.95 Å². The Kier molecular flexibility index (Phi) is 6.84. The summed E-state index contributed by atoms with van der Waals surface area (Å²) < 4.78 is 16.8. The zero-order valence-electron chi connectivity index (χ0n) is 16.3. The van der Waals surface area contributed by atoms with E-state index in [0.717, 1.165) is 61.7 Å². The second-order valence-electron chi connectivity index (χ2n) is 6.65. The van der Waals surface area contributed by atoms with Gasteiger partial charge < -0.3 is 19.5 Å². The highest BCUT2D eigenvalue weighted by molar-refractivity contribution is 5.40. The number of rotatable bonds is 9. The molecule has 0 radical (unpaired) electrons. The van der Waals surface area contributed by atoms with Gasteiger partial charge in [0.15, 0.2) is 0 Å². The number of hydrogen-bond donors (Lipinski definition) is 1. The van der Waals surface area contributed by atoms with Gasteiger partial charge in [0.2, 0.25) is 5.95 Å². The van der Waals surface area contributed by atoms with Gasteiger partial charge in [-0.25, -0.2) is 9.97 Å². The van der Waals surface area contributed by atoms with Crippen LogP contribution in [0, 0.1) is 0 Å². The molecule has 1 saturated heterocycles. The molecule has 146 valence electrons. The number of aromatic nitrogens is 2. The van der Waals surface area contributed by atoms with E-state index in [9.17, 15) is 0 Å². The SMILES string of the molecule is CNc1ncc(CN(Cc2cc(OC)ccc2OC)C[C@@H]2CCCO2)cn1. The minimum atomic E-state index is 0.263. The first-order valence-corrected chi connectivity index (χ1v) is 9.25. The van der Waals surface area contributed by atoms with Crippen LogP contribution in [0.3, 0.4) is 0 Å². The lowest BCUT2D eigenvalue weighted by Crippen LogP contribution is -2.31. The highest BCUT2D eigenvalue weighted by Crippen LogP contribution is 2.26. The van der Waals surface area contributed by atoms with Crippen LogP contribution in [0.2, 0.25) is 0 Å². The first-order valence-electron chi connectivity index (χ1n) is 9.25. The van der Waals surface area contributed by atoms with Crippen LogP contribution in [0.25, 0.3) is 0 Å². The molecule has 0 bridgehead atoms. The van der Waals surface area contributed by atoms with Crippen LogP contribution < -0.4 is 14.8 Å². The summed E-state index contributed by atoms with van der Waals surface area (Å²) in [7, 11) is 5.18. The molecule has 1 fully saturated rings. The van der Waals surface area contributed by atoms with Gasteiger partial charge in [0.25, 0.3) is 0 Å². The molecule has 0 amide bonds. The van der Waals surface area contributed by atoms with Gasteiger partial charge in [-0.1, -0.05) is 0 Å². The van der Waals surface area contributed by atoms with Gasteiger partial charge in [-0.05, 0) is 31.0 Å². The molecule has 0 spiro atoms. The Balaban J connectivity index is 1.78. The topological polar surface area (TPSA) is 68.7 Å². The van der Waals surface area contributed by atoms with E-state index in [4.69, 9.17) is 14.2 Å². The quantitative estimate of drug-likeness (QED) is 0.726. The third-order valence-corrected chi connectivity index (χ3v) is 4.70. The van der Waals surface area contributed by atoms with Crippen LogP contribution in [-0.4, -0.2) is 55.4 Å². The van der Waals surface area contributed by atoms with Crippen molar-refractivity contribution in [2.45, 2.75) is 32.0 Å². The van der Waals surface area contributed by atoms with E-state index in [1.165, 1.54) is 0 Å². The lowest BCUT2D eigenvalue weighted by Gasteiger charge is -2.26. The number of ether oxygens (including phenoxy) is 3. The molecule has 2 heterocycles. The largest absolute Gasteiger partial charge is 0.497 e. The zero-order chi connectivity index (χ0) is 19.1. The van der Waals surface area contributed by atoms with Crippen molar-refractivity contribution in [3.8, 4) is 11.5 Å². The Morgan fingerprint density at radius 3 is 2.63 bits per heavy atom. The molecule has 1 aliphatic rings. The van der Waals surface area contributed by atoms with E-state index in [-0.39, 0.29) is 6.10 Å². The van der Waals surface area contributed by atoms with Crippen LogP contribution in [0.1, 0.15) is 24.0 Å². The summed E-state index contributed by atoms with van der Waals surface area (Å²) in [5.74, 6) is 2.30. The van der Waals surface area contributed by atoms with Crippen molar-refractivity contribution >= 4 is 5.95 Å². The normalized spacial score (nSPS) is 16.5. The number of hydrogen-bond acceptors (Lipinski definition) is 7. The Labute approximate surface area is 160 Å². The average Bonchev–Trinajstić information content (AvgIpc) is 3.21. The molecule has 27 heavy (non-hydrogen) atoms. The molecular formula is C20H28N4O3. The van der Waals surface area contributed by atoms with Gasteiger partial charge in [0, 0.05) is 56.8 Å². The highest BCUT2D eigenvalue weighted by Gasteiger charge is 2.21. The number of nitrogens with one attached hydrogen (secondary N) is 1. The molecule has 3 rings (SSSR count). The fraction of sp³-hybridized carbons (Fsp3) is 0.500. The summed E-state index contributed by atoms with van der Waals surface area (Å²) in [4.78, 5) is 11.0. The number of benzene rings is 1. The van der Waals surface area contributed by atoms with Crippen LogP contribution in [0.15, 0.2) is 30.6 Å². The molecule has 1 aromatic carbocycles. The third-order valence-electron chi connectivity index (χ3n) is 4.70. The average molecular weight is 372 g/mol. The first-order chi connectivity index (χ1) is 13.2. The van der Waals surface area contributed by atoms with Gasteiger partial charge in [0.1, 0.15) is 11.5 Å². The summed E-state index contributed by atoms with van der Waals surface area (Å²) in [6, 6.07) is 5.89. The maximum absolute atomic E-state index is 5.86. The molecular weight excluding hydrogens is 344 g/mol. The summed E-state index contributed by atoms with van der Waals surface area (Å²) in [5.41, 5.74) is 2.15. The molecule has 1 N–H and O–H groups in total. The van der Waals surface area contributed by atoms with Crippen molar-refractivity contribution in [3.63, 3.8) is 0 Å². The Morgan fingerprint density at radius 2 is 2.00 bits per heavy atom. The van der Waals surface area contributed by atoms with Crippen LogP contribution in [0.5, 0.6) is 11.5 Å². The van der Waals surface area contributed by atoms with Gasteiger partial charge in [0.05, 0.1) is 20.3 Å². The van der Waals surface area contributed by atoms with E-state index in [0.29, 0.717) is 5.95 Å². The lowest BCUT2D eigenvalue weighted by atomic mass is 10.1. The third kappa shape index (κ3) is 5.30. The van der Waals surface area contributed by atoms with Crippen LogP contribution in [-0.2, 0) is 17.8 Å². The maximum atomic E-state index is 5.86. The van der Waals surface area contributed by atoms with E-state index < -0.39 is 0 Å². The zero-order valence-corrected chi connectivity index (χ0v) is 16.3. The monoisotopic (exact) mass is 372 g/mol. The summed E-state index contributed by atoms with van der Waals surface area (Å²) >= 11 is 0. The van der Waals surface area contributed by atoms with E-state index in [2.05, 4.69) is 20.2 Å². The molecule has 2 aromatic rings. The molecule has 0 aliphatic carbocycles. The predicted molar refractivity (Wildman–Crippen MR) is 104 cm³/mol. The smallest absolute Gasteiger partial charge is 0.222 e. The standard InChI is InChI=1S/C20H28N4O3/c1-21-20-22-10-15(11-23-20)12-24(14-18-5-4-8-27-18)13-16-9-17(25-2)6-7-19(16)26-3/h6-7,9-11,18H,4-5,8,12-14H2,1-3H3,(H,21,22,23)/t18-/m0/s1. The second-order valence-corrected chi connectivity index (χ2v) is 6.65. The molecule has 7 heteroatoms. The predicted octanol–water partition coefficient (Wildman–Crippen LogP) is 2.72. The van der Waals surface area contributed by atoms with Gasteiger partial charge in [-0.3, -0.25) is 4.90 Å². The van der Waals surface area contributed by atoms with Crippen molar-refractivity contribution in [2.75, 3.05) is 39.7 Å². The van der Waals surface area contributed by atoms with Crippen molar-refractivity contribution in [1.82, 2.24) is 14.9 Å². The fourth-order valence-electron chi connectivity index (χ4n) is 3.33. The molecule has 0 saturated carbocycles. The first kappa shape index (κ1) is 19.4. The minimum Gasteiger partial charge on any atom is -0.497 e. The minimum absolute atomic E-state index is 0.263. The summed E-state index contributed by atoms with van der Waals surface area (Å²) in [5, 5.41) is 2.95. The number of nitrogens with zero attached hydrogens (tertiary/aromatic N) is 3. The molecule has 7 nitrogen and oxygen atoms in total. The summed E-state index contributed by atoms with van der Waals surface area (Å²) in [6.45, 7) is 3.17. The molecule has 1 aliphatic heterocycles. The van der Waals surface area contributed by atoms with Crippen molar-refractivity contribution in [2.24, 2.45) is 0 Å². The second kappa shape index (κ2) is 9.53. The highest BCUT2D eigenvalue weighted by atomic mass is 16.5. The van der Waals surface area contributed by atoms with Gasteiger partial charge in [-0.2, -0.15) is 0 Å². The molecule has 1 aromatic heterocycles. The van der Waals surface area contributed by atoms with Gasteiger partial charge >= 0.3 is 0 Å². The fourth-order valence-corrected chi connectivity index (χ4v) is 3.33.